The minimum atomic E-state index is -0.113. The number of hydrogen-bond acceptors (Lipinski definition) is 4. The van der Waals surface area contributed by atoms with Crippen molar-refractivity contribution >= 4 is 16.9 Å². The molecule has 0 aliphatic heterocycles. The number of aromatic nitrogens is 4. The van der Waals surface area contributed by atoms with E-state index in [1.807, 2.05) is 45.0 Å². The fourth-order valence-electron chi connectivity index (χ4n) is 2.99. The number of rotatable bonds is 7. The van der Waals surface area contributed by atoms with Gasteiger partial charge in [0.2, 0.25) is 5.91 Å². The first-order chi connectivity index (χ1) is 13.0. The molecule has 1 aromatic carbocycles. The van der Waals surface area contributed by atoms with Crippen molar-refractivity contribution in [1.82, 2.24) is 24.6 Å². The van der Waals surface area contributed by atoms with Crippen molar-refractivity contribution in [3.63, 3.8) is 0 Å². The van der Waals surface area contributed by atoms with Crippen molar-refractivity contribution in [2.75, 3.05) is 6.54 Å². The predicted molar refractivity (Wildman–Crippen MR) is 105 cm³/mol. The van der Waals surface area contributed by atoms with E-state index in [4.69, 9.17) is 0 Å². The van der Waals surface area contributed by atoms with Gasteiger partial charge in [0.15, 0.2) is 5.65 Å². The van der Waals surface area contributed by atoms with Crippen LogP contribution in [0.15, 0.2) is 41.6 Å². The Hall–Kier alpha value is -2.96. The summed E-state index contributed by atoms with van der Waals surface area (Å²) in [7, 11) is 0. The molecule has 0 unspecified atom stereocenters. The molecule has 27 heavy (non-hydrogen) atoms. The topological polar surface area (TPSA) is 81.8 Å². The van der Waals surface area contributed by atoms with Crippen LogP contribution in [-0.2, 0) is 17.9 Å². The molecule has 3 rings (SSSR count). The summed E-state index contributed by atoms with van der Waals surface area (Å²) in [5.41, 5.74) is 2.65. The third-order valence-corrected chi connectivity index (χ3v) is 4.46. The predicted octanol–water partition coefficient (Wildman–Crippen LogP) is 2.11. The summed E-state index contributed by atoms with van der Waals surface area (Å²) < 4.78 is 3.26. The van der Waals surface area contributed by atoms with E-state index in [0.717, 1.165) is 11.1 Å². The summed E-state index contributed by atoms with van der Waals surface area (Å²) in [6.07, 6.45) is 3.61. The summed E-state index contributed by atoms with van der Waals surface area (Å²) in [5, 5.41) is 7.63. The molecule has 2 heterocycles. The Labute approximate surface area is 158 Å². The van der Waals surface area contributed by atoms with Crippen molar-refractivity contribution in [3.8, 4) is 0 Å². The van der Waals surface area contributed by atoms with Crippen molar-refractivity contribution in [1.29, 1.82) is 0 Å². The van der Waals surface area contributed by atoms with Gasteiger partial charge in [0, 0.05) is 13.0 Å². The molecule has 7 nitrogen and oxygen atoms in total. The molecule has 0 radical (unpaired) electrons. The summed E-state index contributed by atoms with van der Waals surface area (Å²) >= 11 is 0. The van der Waals surface area contributed by atoms with Gasteiger partial charge in [0.05, 0.1) is 19.3 Å². The molecule has 0 saturated heterocycles. The van der Waals surface area contributed by atoms with E-state index in [-0.39, 0.29) is 11.5 Å². The van der Waals surface area contributed by atoms with E-state index in [2.05, 4.69) is 15.4 Å². The Balaban J connectivity index is 1.74. The normalized spacial score (nSPS) is 11.3. The lowest BCUT2D eigenvalue weighted by molar-refractivity contribution is -0.121. The first kappa shape index (κ1) is 18.8. The fourth-order valence-corrected chi connectivity index (χ4v) is 2.99. The number of nitrogens with one attached hydrogen (secondary N) is 1. The highest BCUT2D eigenvalue weighted by Crippen LogP contribution is 2.10. The van der Waals surface area contributed by atoms with Gasteiger partial charge in [-0.05, 0) is 24.0 Å². The van der Waals surface area contributed by atoms with E-state index in [1.165, 1.54) is 0 Å². The molecular weight excluding hydrogens is 342 g/mol. The SMILES string of the molecule is Cc1ccccc1Cn1cnc2c(cnn2CCNC(=O)CC(C)C)c1=O. The van der Waals surface area contributed by atoms with Crippen LogP contribution in [0, 0.1) is 12.8 Å². The maximum Gasteiger partial charge on any atom is 0.264 e. The standard InChI is InChI=1S/C20H25N5O2/c1-14(2)10-18(26)21-8-9-25-19-17(11-23-25)20(27)24(13-22-19)12-16-7-5-4-6-15(16)3/h4-7,11,13-14H,8-10,12H2,1-3H3,(H,21,26). The van der Waals surface area contributed by atoms with Gasteiger partial charge in [0.1, 0.15) is 11.7 Å². The quantitative estimate of drug-likeness (QED) is 0.693. The minimum Gasteiger partial charge on any atom is -0.354 e. The smallest absolute Gasteiger partial charge is 0.264 e. The zero-order valence-corrected chi connectivity index (χ0v) is 16.0. The maximum atomic E-state index is 12.8. The van der Waals surface area contributed by atoms with Crippen LogP contribution in [0.5, 0.6) is 0 Å². The molecule has 1 N–H and O–H groups in total. The Kier molecular flexibility index (Phi) is 5.69. The molecule has 0 spiro atoms. The number of amides is 1. The third-order valence-electron chi connectivity index (χ3n) is 4.46. The molecule has 3 aromatic rings. The van der Waals surface area contributed by atoms with Crippen LogP contribution >= 0.6 is 0 Å². The van der Waals surface area contributed by atoms with Gasteiger partial charge in [-0.1, -0.05) is 38.1 Å². The zero-order chi connectivity index (χ0) is 19.4. The summed E-state index contributed by atoms with van der Waals surface area (Å²) in [5.74, 6) is 0.346. The van der Waals surface area contributed by atoms with Crippen LogP contribution in [0.3, 0.4) is 0 Å². The monoisotopic (exact) mass is 367 g/mol. The highest BCUT2D eigenvalue weighted by molar-refractivity contribution is 5.76. The van der Waals surface area contributed by atoms with E-state index in [9.17, 15) is 9.59 Å². The molecule has 2 aromatic heterocycles. The molecule has 0 aliphatic rings. The Morgan fingerprint density at radius 2 is 2.04 bits per heavy atom. The second-order valence-corrected chi connectivity index (χ2v) is 7.16. The van der Waals surface area contributed by atoms with E-state index < -0.39 is 0 Å². The molecule has 7 heteroatoms. The molecule has 0 fully saturated rings. The van der Waals surface area contributed by atoms with Crippen LogP contribution < -0.4 is 10.9 Å². The second-order valence-electron chi connectivity index (χ2n) is 7.16. The van der Waals surface area contributed by atoms with Gasteiger partial charge in [-0.15, -0.1) is 0 Å². The number of hydrogen-bond donors (Lipinski definition) is 1. The van der Waals surface area contributed by atoms with Crippen LogP contribution in [-0.4, -0.2) is 31.8 Å². The number of benzene rings is 1. The van der Waals surface area contributed by atoms with E-state index in [0.29, 0.717) is 43.0 Å². The van der Waals surface area contributed by atoms with Crippen LogP contribution in [0.1, 0.15) is 31.4 Å². The lowest BCUT2D eigenvalue weighted by Gasteiger charge is -2.09. The van der Waals surface area contributed by atoms with E-state index in [1.54, 1.807) is 21.8 Å². The van der Waals surface area contributed by atoms with Crippen LogP contribution in [0.4, 0.5) is 0 Å². The number of aryl methyl sites for hydroxylation is 1. The van der Waals surface area contributed by atoms with Crippen LogP contribution in [0.2, 0.25) is 0 Å². The lowest BCUT2D eigenvalue weighted by atomic mass is 10.1. The zero-order valence-electron chi connectivity index (χ0n) is 16.0. The van der Waals surface area contributed by atoms with Crippen molar-refractivity contribution in [3.05, 3.63) is 58.3 Å². The minimum absolute atomic E-state index is 0.0232. The van der Waals surface area contributed by atoms with Gasteiger partial charge < -0.3 is 5.32 Å². The first-order valence-corrected chi connectivity index (χ1v) is 9.18. The van der Waals surface area contributed by atoms with Gasteiger partial charge >= 0.3 is 0 Å². The third kappa shape index (κ3) is 4.42. The van der Waals surface area contributed by atoms with Gasteiger partial charge in [-0.25, -0.2) is 9.67 Å². The van der Waals surface area contributed by atoms with Crippen molar-refractivity contribution in [2.24, 2.45) is 5.92 Å². The molecule has 1 amide bonds. The number of fused-ring (bicyclic) bond motifs is 1. The maximum absolute atomic E-state index is 12.8. The number of carbonyl (C=O) groups excluding carboxylic acids is 1. The number of nitrogens with zero attached hydrogens (tertiary/aromatic N) is 4. The lowest BCUT2D eigenvalue weighted by Crippen LogP contribution is -2.28. The Morgan fingerprint density at radius 3 is 2.78 bits per heavy atom. The van der Waals surface area contributed by atoms with Crippen LogP contribution in [0.25, 0.3) is 11.0 Å². The first-order valence-electron chi connectivity index (χ1n) is 9.18. The number of carbonyl (C=O) groups is 1. The molecule has 0 aliphatic carbocycles. The van der Waals surface area contributed by atoms with Gasteiger partial charge in [0.25, 0.3) is 5.56 Å². The molecule has 0 bridgehead atoms. The molecule has 0 atom stereocenters. The fraction of sp³-hybridized carbons (Fsp3) is 0.400. The Morgan fingerprint density at radius 1 is 1.26 bits per heavy atom. The summed E-state index contributed by atoms with van der Waals surface area (Å²) in [4.78, 5) is 28.9. The summed E-state index contributed by atoms with van der Waals surface area (Å²) in [6.45, 7) is 7.44. The largest absolute Gasteiger partial charge is 0.354 e. The second kappa shape index (κ2) is 8.16. The summed E-state index contributed by atoms with van der Waals surface area (Å²) in [6, 6.07) is 7.98. The molecule has 142 valence electrons. The van der Waals surface area contributed by atoms with Gasteiger partial charge in [-0.2, -0.15) is 5.10 Å². The average Bonchev–Trinajstić information content (AvgIpc) is 3.02. The highest BCUT2D eigenvalue weighted by Gasteiger charge is 2.11. The van der Waals surface area contributed by atoms with Crippen molar-refractivity contribution < 1.29 is 4.79 Å². The highest BCUT2D eigenvalue weighted by atomic mass is 16.1. The van der Waals surface area contributed by atoms with E-state index >= 15 is 0 Å². The van der Waals surface area contributed by atoms with Crippen molar-refractivity contribution in [2.45, 2.75) is 40.3 Å². The molecule has 0 saturated carbocycles. The molecular formula is C20H25N5O2. The average molecular weight is 367 g/mol. The Bertz CT molecular complexity index is 1000. The van der Waals surface area contributed by atoms with Gasteiger partial charge in [-0.3, -0.25) is 14.2 Å².